The van der Waals surface area contributed by atoms with E-state index in [-0.39, 0.29) is 5.06 Å². The molecule has 0 radical (unpaired) electrons. The Kier molecular flexibility index (Phi) is 26.3. The van der Waals surface area contributed by atoms with Crippen LogP contribution in [0.3, 0.4) is 0 Å². The van der Waals surface area contributed by atoms with Gasteiger partial charge in [0.05, 0.1) is 0 Å². The minimum absolute atomic E-state index is 0.129. The molecule has 0 aliphatic heterocycles. The SMILES string of the molecule is CCCCCCCCP(=O)(CCCCCCCC)C(=C(O)O)P(=O)(CCCCCCCC)CCCCCCCC. The molecule has 0 aromatic carbocycles. The molecule has 0 bridgehead atoms. The molecule has 240 valence electrons. The van der Waals surface area contributed by atoms with Crippen LogP contribution < -0.4 is 0 Å². The van der Waals surface area contributed by atoms with Gasteiger partial charge < -0.3 is 19.3 Å². The summed E-state index contributed by atoms with van der Waals surface area (Å²) in [5.41, 5.74) is 0. The summed E-state index contributed by atoms with van der Waals surface area (Å²) in [4.78, 5) is 0. The molecule has 0 unspecified atom stereocenters. The standard InChI is InChI=1S/C34H70O4P2/c1-5-9-13-17-21-25-29-39(37,30-26-22-18-14-10-6-2)34(33(35)36)40(38,31-27-23-19-15-11-7-3)32-28-24-20-16-12-8-4/h35-36H,5-32H2,1-4H3. The number of rotatable bonds is 30. The van der Waals surface area contributed by atoms with Crippen LogP contribution in [0.2, 0.25) is 0 Å². The predicted octanol–water partition coefficient (Wildman–Crippen LogP) is 13.4. The van der Waals surface area contributed by atoms with Crippen LogP contribution in [0.15, 0.2) is 11.0 Å². The van der Waals surface area contributed by atoms with Crippen molar-refractivity contribution in [3.8, 4) is 0 Å². The molecule has 4 nitrogen and oxygen atoms in total. The Balaban J connectivity index is 5.75. The molecule has 2 N–H and O–H groups in total. The van der Waals surface area contributed by atoms with Crippen molar-refractivity contribution in [1.82, 2.24) is 0 Å². The third kappa shape index (κ3) is 19.1. The predicted molar refractivity (Wildman–Crippen MR) is 180 cm³/mol. The highest BCUT2D eigenvalue weighted by atomic mass is 31.2. The molecule has 0 amide bonds. The lowest BCUT2D eigenvalue weighted by molar-refractivity contribution is 0.190. The van der Waals surface area contributed by atoms with Crippen LogP contribution in [0.1, 0.15) is 182 Å². The Hall–Kier alpha value is -0.200. The Morgan fingerprint density at radius 3 is 0.775 bits per heavy atom. The summed E-state index contributed by atoms with van der Waals surface area (Å²) in [6, 6.07) is 0. The first kappa shape index (κ1) is 39.8. The second-order valence-corrected chi connectivity index (χ2v) is 19.0. The molecular formula is C34H70O4P2. The fraction of sp³-hybridized carbons (Fsp3) is 0.941. The second-order valence-electron chi connectivity index (χ2n) is 12.4. The van der Waals surface area contributed by atoms with E-state index in [0.29, 0.717) is 24.6 Å². The summed E-state index contributed by atoms with van der Waals surface area (Å²) in [5.74, 6) is -0.861. The van der Waals surface area contributed by atoms with Crippen LogP contribution in [0.25, 0.3) is 0 Å². The fourth-order valence-electron chi connectivity index (χ4n) is 5.93. The molecule has 6 heteroatoms. The molecule has 0 heterocycles. The average molecular weight is 605 g/mol. The highest BCUT2D eigenvalue weighted by Gasteiger charge is 2.42. The summed E-state index contributed by atoms with van der Waals surface area (Å²) >= 11 is 0. The summed E-state index contributed by atoms with van der Waals surface area (Å²) in [5, 5.41) is 21.5. The second kappa shape index (κ2) is 26.4. The van der Waals surface area contributed by atoms with Gasteiger partial charge in [0.15, 0.2) is 0 Å². The maximum atomic E-state index is 14.8. The third-order valence-electron chi connectivity index (χ3n) is 8.46. The molecule has 0 aliphatic carbocycles. The molecule has 0 rings (SSSR count). The zero-order valence-corrected chi connectivity index (χ0v) is 29.2. The Labute approximate surface area is 250 Å². The first-order valence-corrected chi connectivity index (χ1v) is 21.8. The number of hydrogen-bond acceptors (Lipinski definition) is 4. The van der Waals surface area contributed by atoms with E-state index in [2.05, 4.69) is 27.7 Å². The van der Waals surface area contributed by atoms with Gasteiger partial charge in [0.2, 0.25) is 0 Å². The average Bonchev–Trinajstić information content (AvgIpc) is 2.92. The van der Waals surface area contributed by atoms with Crippen molar-refractivity contribution in [3.05, 3.63) is 11.0 Å². The number of aliphatic hydroxyl groups is 2. The smallest absolute Gasteiger partial charge is 0.288 e. The van der Waals surface area contributed by atoms with Gasteiger partial charge in [-0.25, -0.2) is 0 Å². The molecule has 0 aliphatic rings. The molecule has 0 atom stereocenters. The minimum Gasteiger partial charge on any atom is -0.480 e. The van der Waals surface area contributed by atoms with Crippen LogP contribution in [-0.2, 0) is 9.13 Å². The van der Waals surface area contributed by atoms with Crippen molar-refractivity contribution in [1.29, 1.82) is 0 Å². The maximum Gasteiger partial charge on any atom is 0.288 e. The van der Waals surface area contributed by atoms with E-state index in [1.54, 1.807) is 0 Å². The van der Waals surface area contributed by atoms with Gasteiger partial charge in [0, 0.05) is 24.6 Å². The van der Waals surface area contributed by atoms with Gasteiger partial charge in [0.25, 0.3) is 5.95 Å². The lowest BCUT2D eigenvalue weighted by Gasteiger charge is -2.28. The van der Waals surface area contributed by atoms with E-state index >= 15 is 0 Å². The normalized spacial score (nSPS) is 12.2. The van der Waals surface area contributed by atoms with Crippen LogP contribution in [-0.4, -0.2) is 34.9 Å². The lowest BCUT2D eigenvalue weighted by atomic mass is 10.1. The van der Waals surface area contributed by atoms with E-state index in [4.69, 9.17) is 0 Å². The van der Waals surface area contributed by atoms with Gasteiger partial charge >= 0.3 is 0 Å². The quantitative estimate of drug-likeness (QED) is 0.0486. The first-order valence-electron chi connectivity index (χ1n) is 17.6. The molecule has 40 heavy (non-hydrogen) atoms. The summed E-state index contributed by atoms with van der Waals surface area (Å²) in [6.07, 6.45) is 28.2. The first-order chi connectivity index (χ1) is 19.3. The fourth-order valence-corrected chi connectivity index (χ4v) is 14.8. The van der Waals surface area contributed by atoms with Crippen LogP contribution in [0, 0.1) is 0 Å². The maximum absolute atomic E-state index is 14.8. The van der Waals surface area contributed by atoms with Gasteiger partial charge in [-0.3, -0.25) is 0 Å². The number of hydrogen-bond donors (Lipinski definition) is 2. The molecule has 0 saturated carbocycles. The topological polar surface area (TPSA) is 74.6 Å². The lowest BCUT2D eigenvalue weighted by Crippen LogP contribution is -2.09. The number of aliphatic hydroxyl groups excluding tert-OH is 1. The van der Waals surface area contributed by atoms with Crippen molar-refractivity contribution in [2.24, 2.45) is 0 Å². The van der Waals surface area contributed by atoms with Crippen molar-refractivity contribution in [2.45, 2.75) is 182 Å². The molecular weight excluding hydrogens is 534 g/mol. The number of unbranched alkanes of at least 4 members (excludes halogenated alkanes) is 20. The third-order valence-corrected chi connectivity index (χ3v) is 16.7. The monoisotopic (exact) mass is 604 g/mol. The summed E-state index contributed by atoms with van der Waals surface area (Å²) < 4.78 is 29.6. The largest absolute Gasteiger partial charge is 0.480 e. The van der Waals surface area contributed by atoms with Gasteiger partial charge in [-0.05, 0) is 25.7 Å². The Bertz CT molecular complexity index is 608. The Morgan fingerprint density at radius 1 is 0.375 bits per heavy atom. The van der Waals surface area contributed by atoms with Gasteiger partial charge in [-0.1, -0.05) is 156 Å². The summed E-state index contributed by atoms with van der Waals surface area (Å²) in [7, 11) is -6.27. The van der Waals surface area contributed by atoms with Gasteiger partial charge in [0.1, 0.15) is 19.3 Å². The molecule has 0 aromatic heterocycles. The molecule has 0 saturated heterocycles. The van der Waals surface area contributed by atoms with E-state index in [9.17, 15) is 19.3 Å². The van der Waals surface area contributed by atoms with Crippen LogP contribution >= 0.6 is 14.3 Å². The molecule has 0 fully saturated rings. The highest BCUT2D eigenvalue weighted by molar-refractivity contribution is 7.87. The molecule has 0 spiro atoms. The van der Waals surface area contributed by atoms with Crippen molar-refractivity contribution in [2.75, 3.05) is 24.6 Å². The molecule has 0 aromatic rings. The van der Waals surface area contributed by atoms with E-state index in [1.807, 2.05) is 0 Å². The van der Waals surface area contributed by atoms with Crippen molar-refractivity contribution >= 4 is 14.3 Å². The van der Waals surface area contributed by atoms with E-state index in [1.165, 1.54) is 77.0 Å². The Morgan fingerprint density at radius 2 is 0.575 bits per heavy atom. The van der Waals surface area contributed by atoms with E-state index in [0.717, 1.165) is 77.0 Å². The zero-order chi connectivity index (χ0) is 30.0. The van der Waals surface area contributed by atoms with Crippen LogP contribution in [0.4, 0.5) is 0 Å². The summed E-state index contributed by atoms with van der Waals surface area (Å²) in [6.45, 7) is 8.84. The van der Waals surface area contributed by atoms with E-state index < -0.39 is 20.2 Å². The highest BCUT2D eigenvalue weighted by Crippen LogP contribution is 2.73. The van der Waals surface area contributed by atoms with Gasteiger partial charge in [-0.2, -0.15) is 0 Å². The van der Waals surface area contributed by atoms with Crippen molar-refractivity contribution in [3.63, 3.8) is 0 Å². The van der Waals surface area contributed by atoms with Crippen LogP contribution in [0.5, 0.6) is 0 Å². The van der Waals surface area contributed by atoms with Crippen molar-refractivity contribution < 1.29 is 19.3 Å². The minimum atomic E-state index is -3.13. The zero-order valence-electron chi connectivity index (χ0n) is 27.4. The van der Waals surface area contributed by atoms with Gasteiger partial charge in [-0.15, -0.1) is 0 Å².